The van der Waals surface area contributed by atoms with Crippen molar-refractivity contribution in [2.75, 3.05) is 0 Å². The van der Waals surface area contributed by atoms with E-state index in [1.165, 1.54) is 0 Å². The van der Waals surface area contributed by atoms with Crippen LogP contribution in [0.4, 0.5) is 0 Å². The van der Waals surface area contributed by atoms with E-state index < -0.39 is 4.83 Å². The molecule has 1 unspecified atom stereocenters. The normalized spacial score (nSPS) is 12.2. The van der Waals surface area contributed by atoms with Crippen LogP contribution in [0.15, 0.2) is 18.2 Å². The molecule has 0 radical (unpaired) electrons. The van der Waals surface area contributed by atoms with Gasteiger partial charge in [0.15, 0.2) is 0 Å². The smallest absolute Gasteiger partial charge is 0.129 e. The van der Waals surface area contributed by atoms with Crippen LogP contribution >= 0.6 is 39.1 Å². The van der Waals surface area contributed by atoms with E-state index in [0.717, 1.165) is 0 Å². The summed E-state index contributed by atoms with van der Waals surface area (Å²) in [6.07, 6.45) is 0. The van der Waals surface area contributed by atoms with E-state index in [9.17, 15) is 0 Å². The molecule has 1 rings (SSSR count). The minimum Gasteiger partial charge on any atom is -0.197 e. The zero-order chi connectivity index (χ0) is 9.14. The lowest BCUT2D eigenvalue weighted by atomic mass is 10.2. The molecule has 0 fully saturated rings. The van der Waals surface area contributed by atoms with Gasteiger partial charge in [0.25, 0.3) is 0 Å². The molecule has 0 aliphatic carbocycles. The zero-order valence-electron chi connectivity index (χ0n) is 5.89. The Morgan fingerprint density at radius 2 is 1.83 bits per heavy atom. The molecule has 0 amide bonds. The molecule has 0 bridgehead atoms. The van der Waals surface area contributed by atoms with Crippen molar-refractivity contribution in [1.82, 2.24) is 0 Å². The number of halogens is 3. The van der Waals surface area contributed by atoms with Gasteiger partial charge in [0.1, 0.15) is 4.83 Å². The Kier molecular flexibility index (Phi) is 3.39. The van der Waals surface area contributed by atoms with Crippen molar-refractivity contribution >= 4 is 39.1 Å². The van der Waals surface area contributed by atoms with Crippen LogP contribution in [0.25, 0.3) is 0 Å². The summed E-state index contributed by atoms with van der Waals surface area (Å²) in [7, 11) is 0. The van der Waals surface area contributed by atoms with Crippen LogP contribution in [-0.2, 0) is 0 Å². The number of benzene rings is 1. The quantitative estimate of drug-likeness (QED) is 0.705. The first-order valence-corrected chi connectivity index (χ1v) is 4.81. The zero-order valence-corrected chi connectivity index (χ0v) is 8.99. The number of hydrogen-bond acceptors (Lipinski definition) is 1. The van der Waals surface area contributed by atoms with Crippen LogP contribution in [0.5, 0.6) is 0 Å². The number of hydrogen-bond donors (Lipinski definition) is 0. The second-order valence-electron chi connectivity index (χ2n) is 2.13. The van der Waals surface area contributed by atoms with Crippen LogP contribution < -0.4 is 0 Å². The average Bonchev–Trinajstić information content (AvgIpc) is 2.03. The van der Waals surface area contributed by atoms with Crippen molar-refractivity contribution in [3.63, 3.8) is 0 Å². The Labute approximate surface area is 89.0 Å². The fourth-order valence-corrected chi connectivity index (χ4v) is 2.19. The summed E-state index contributed by atoms with van der Waals surface area (Å²) in [5, 5.41) is 9.63. The van der Waals surface area contributed by atoms with Gasteiger partial charge < -0.3 is 0 Å². The molecule has 0 aliphatic rings. The van der Waals surface area contributed by atoms with E-state index in [2.05, 4.69) is 15.9 Å². The highest BCUT2D eigenvalue weighted by Gasteiger charge is 2.13. The molecule has 1 atom stereocenters. The number of rotatable bonds is 1. The van der Waals surface area contributed by atoms with Crippen molar-refractivity contribution in [3.8, 4) is 6.07 Å². The molecule has 0 aromatic heterocycles. The van der Waals surface area contributed by atoms with Gasteiger partial charge in [-0.25, -0.2) is 0 Å². The van der Waals surface area contributed by atoms with Gasteiger partial charge in [0.05, 0.1) is 6.07 Å². The maximum Gasteiger partial charge on any atom is 0.129 e. The fraction of sp³-hybridized carbons (Fsp3) is 0.125. The van der Waals surface area contributed by atoms with Crippen LogP contribution in [-0.4, -0.2) is 0 Å². The third-order valence-corrected chi connectivity index (χ3v) is 2.69. The second kappa shape index (κ2) is 4.13. The Morgan fingerprint density at radius 3 is 2.25 bits per heavy atom. The highest BCUT2D eigenvalue weighted by molar-refractivity contribution is 9.09. The maximum absolute atomic E-state index is 8.62. The molecule has 12 heavy (non-hydrogen) atoms. The van der Waals surface area contributed by atoms with E-state index in [1.54, 1.807) is 18.2 Å². The maximum atomic E-state index is 8.62. The SMILES string of the molecule is N#CC(Br)c1c(Cl)cccc1Cl. The number of alkyl halides is 1. The Balaban J connectivity index is 3.23. The van der Waals surface area contributed by atoms with Gasteiger partial charge in [0, 0.05) is 15.6 Å². The molecular formula is C8H4BrCl2N. The summed E-state index contributed by atoms with van der Waals surface area (Å²) in [4.78, 5) is -0.446. The molecule has 0 saturated heterocycles. The van der Waals surface area contributed by atoms with Crippen molar-refractivity contribution in [2.45, 2.75) is 4.83 Å². The van der Waals surface area contributed by atoms with Gasteiger partial charge in [-0.2, -0.15) is 5.26 Å². The summed E-state index contributed by atoms with van der Waals surface area (Å²) >= 11 is 14.8. The Hall–Kier alpha value is -0.230. The minimum absolute atomic E-state index is 0.446. The molecule has 1 nitrogen and oxygen atoms in total. The van der Waals surface area contributed by atoms with Crippen molar-refractivity contribution in [2.24, 2.45) is 0 Å². The highest BCUT2D eigenvalue weighted by atomic mass is 79.9. The third-order valence-electron chi connectivity index (χ3n) is 1.37. The van der Waals surface area contributed by atoms with Gasteiger partial charge in [-0.15, -0.1) is 0 Å². The molecule has 1 aromatic rings. The van der Waals surface area contributed by atoms with Gasteiger partial charge in [0.2, 0.25) is 0 Å². The summed E-state index contributed by atoms with van der Waals surface area (Å²) in [6.45, 7) is 0. The topological polar surface area (TPSA) is 23.8 Å². The first kappa shape index (κ1) is 9.85. The van der Waals surface area contributed by atoms with E-state index in [4.69, 9.17) is 28.5 Å². The van der Waals surface area contributed by atoms with Gasteiger partial charge in [-0.3, -0.25) is 0 Å². The summed E-state index contributed by atoms with van der Waals surface area (Å²) in [5.74, 6) is 0. The lowest BCUT2D eigenvalue weighted by Crippen LogP contribution is -1.88. The van der Waals surface area contributed by atoms with Gasteiger partial charge in [-0.1, -0.05) is 45.2 Å². The lowest BCUT2D eigenvalue weighted by molar-refractivity contribution is 1.25. The Morgan fingerprint density at radius 1 is 1.33 bits per heavy atom. The molecule has 0 N–H and O–H groups in total. The van der Waals surface area contributed by atoms with Crippen molar-refractivity contribution in [1.29, 1.82) is 5.26 Å². The first-order valence-electron chi connectivity index (χ1n) is 3.14. The van der Waals surface area contributed by atoms with E-state index >= 15 is 0 Å². The number of nitrogens with zero attached hydrogens (tertiary/aromatic N) is 1. The van der Waals surface area contributed by atoms with E-state index in [1.807, 2.05) is 6.07 Å². The second-order valence-corrected chi connectivity index (χ2v) is 3.86. The molecule has 0 aliphatic heterocycles. The van der Waals surface area contributed by atoms with E-state index in [-0.39, 0.29) is 0 Å². The summed E-state index contributed by atoms with van der Waals surface area (Å²) < 4.78 is 0. The van der Waals surface area contributed by atoms with E-state index in [0.29, 0.717) is 15.6 Å². The predicted molar refractivity (Wildman–Crippen MR) is 53.7 cm³/mol. The molecule has 0 heterocycles. The standard InChI is InChI=1S/C8H4BrCl2N/c9-5(4-12)8-6(10)2-1-3-7(8)11/h1-3,5H. The van der Waals surface area contributed by atoms with Crippen molar-refractivity contribution < 1.29 is 0 Å². The molecule has 0 saturated carbocycles. The number of nitriles is 1. The highest BCUT2D eigenvalue weighted by Crippen LogP contribution is 2.34. The predicted octanol–water partition coefficient (Wildman–Crippen LogP) is 3.95. The molecule has 62 valence electrons. The molecular weight excluding hydrogens is 261 g/mol. The van der Waals surface area contributed by atoms with Gasteiger partial charge in [-0.05, 0) is 12.1 Å². The minimum atomic E-state index is -0.446. The fourth-order valence-electron chi connectivity index (χ4n) is 0.817. The third kappa shape index (κ3) is 1.92. The van der Waals surface area contributed by atoms with Crippen LogP contribution in [0.2, 0.25) is 10.0 Å². The summed E-state index contributed by atoms with van der Waals surface area (Å²) in [5.41, 5.74) is 0.628. The molecule has 4 heteroatoms. The van der Waals surface area contributed by atoms with Crippen molar-refractivity contribution in [3.05, 3.63) is 33.8 Å². The lowest BCUT2D eigenvalue weighted by Gasteiger charge is -2.05. The monoisotopic (exact) mass is 263 g/mol. The van der Waals surface area contributed by atoms with Crippen LogP contribution in [0.1, 0.15) is 10.4 Å². The average molecular weight is 265 g/mol. The first-order chi connectivity index (χ1) is 5.66. The molecule has 0 spiro atoms. The van der Waals surface area contributed by atoms with Crippen LogP contribution in [0, 0.1) is 11.3 Å². The Bertz CT molecular complexity index is 312. The molecule has 1 aromatic carbocycles. The van der Waals surface area contributed by atoms with Crippen LogP contribution in [0.3, 0.4) is 0 Å². The largest absolute Gasteiger partial charge is 0.197 e. The summed E-state index contributed by atoms with van der Waals surface area (Å²) in [6, 6.07) is 7.16. The van der Waals surface area contributed by atoms with Gasteiger partial charge >= 0.3 is 0 Å².